The molecular formula is C13H6Br2Cl2N2OS. The van der Waals surface area contributed by atoms with Crippen LogP contribution in [0, 0.1) is 0 Å². The van der Waals surface area contributed by atoms with E-state index in [1.165, 1.54) is 11.3 Å². The molecule has 21 heavy (non-hydrogen) atoms. The van der Waals surface area contributed by atoms with Crippen LogP contribution in [-0.2, 0) is 0 Å². The van der Waals surface area contributed by atoms with Gasteiger partial charge in [0.05, 0.1) is 24.3 Å². The van der Waals surface area contributed by atoms with Gasteiger partial charge < -0.3 is 10.3 Å². The summed E-state index contributed by atoms with van der Waals surface area (Å²) in [5.41, 5.74) is 7.45. The molecular weight excluding hydrogens is 463 g/mol. The standard InChI is InChI=1S/C13H6Br2Cl2N2OS/c14-6-4-9(21-12(6)15)11-10(13(18)19-20-11)5-1-2-7(16)8(17)3-5/h1-4H,(H2,18,19). The lowest BCUT2D eigenvalue weighted by molar-refractivity contribution is 0.437. The topological polar surface area (TPSA) is 52.0 Å². The molecule has 0 aliphatic carbocycles. The predicted octanol–water partition coefficient (Wildman–Crippen LogP) is 6.48. The number of aromatic nitrogens is 1. The minimum atomic E-state index is 0.309. The van der Waals surface area contributed by atoms with Gasteiger partial charge in [0.2, 0.25) is 0 Å². The highest BCUT2D eigenvalue weighted by Crippen LogP contribution is 2.44. The predicted molar refractivity (Wildman–Crippen MR) is 95.1 cm³/mol. The number of nitrogens with zero attached hydrogens (tertiary/aromatic N) is 1. The molecule has 0 spiro atoms. The zero-order valence-electron chi connectivity index (χ0n) is 10.2. The largest absolute Gasteiger partial charge is 0.380 e. The van der Waals surface area contributed by atoms with Gasteiger partial charge in [0.1, 0.15) is 0 Å². The molecule has 1 aromatic carbocycles. The number of thiophene rings is 1. The van der Waals surface area contributed by atoms with Gasteiger partial charge in [-0.3, -0.25) is 0 Å². The van der Waals surface area contributed by atoms with Gasteiger partial charge in [-0.1, -0.05) is 34.4 Å². The lowest BCUT2D eigenvalue weighted by Gasteiger charge is -2.03. The second-order valence-electron chi connectivity index (χ2n) is 4.13. The summed E-state index contributed by atoms with van der Waals surface area (Å²) in [7, 11) is 0. The van der Waals surface area contributed by atoms with Crippen molar-refractivity contribution in [2.45, 2.75) is 0 Å². The van der Waals surface area contributed by atoms with Crippen molar-refractivity contribution in [1.29, 1.82) is 0 Å². The summed E-state index contributed by atoms with van der Waals surface area (Å²) in [6.45, 7) is 0. The lowest BCUT2D eigenvalue weighted by atomic mass is 10.1. The number of hydrogen-bond donors (Lipinski definition) is 1. The van der Waals surface area contributed by atoms with Crippen LogP contribution < -0.4 is 5.73 Å². The second kappa shape index (κ2) is 5.93. The van der Waals surface area contributed by atoms with E-state index in [4.69, 9.17) is 33.5 Å². The number of halogens is 4. The molecule has 3 aromatic rings. The van der Waals surface area contributed by atoms with Crippen LogP contribution in [0.5, 0.6) is 0 Å². The van der Waals surface area contributed by atoms with E-state index in [0.717, 1.165) is 18.7 Å². The van der Waals surface area contributed by atoms with Crippen molar-refractivity contribution < 1.29 is 4.52 Å². The number of anilines is 1. The van der Waals surface area contributed by atoms with Crippen LogP contribution >= 0.6 is 66.4 Å². The lowest BCUT2D eigenvalue weighted by Crippen LogP contribution is -1.88. The molecule has 0 radical (unpaired) electrons. The third-order valence-corrected chi connectivity index (χ3v) is 6.79. The fraction of sp³-hybridized carbons (Fsp3) is 0. The van der Waals surface area contributed by atoms with Crippen molar-refractivity contribution in [3.05, 3.63) is 42.6 Å². The molecule has 0 saturated carbocycles. The molecule has 0 amide bonds. The minimum Gasteiger partial charge on any atom is -0.380 e. The van der Waals surface area contributed by atoms with Crippen LogP contribution in [0.2, 0.25) is 10.0 Å². The number of benzene rings is 1. The fourth-order valence-corrected chi connectivity index (χ4v) is 4.18. The molecule has 0 saturated heterocycles. The van der Waals surface area contributed by atoms with E-state index in [1.54, 1.807) is 12.1 Å². The Hall–Kier alpha value is -0.530. The summed E-state index contributed by atoms with van der Waals surface area (Å²) < 4.78 is 7.30. The monoisotopic (exact) mass is 466 g/mol. The normalized spacial score (nSPS) is 11.0. The molecule has 3 rings (SSSR count). The fourth-order valence-electron chi connectivity index (χ4n) is 1.86. The van der Waals surface area contributed by atoms with Gasteiger partial charge in [0, 0.05) is 4.47 Å². The quantitative estimate of drug-likeness (QED) is 0.468. The number of nitrogens with two attached hydrogens (primary N) is 1. The molecule has 0 atom stereocenters. The van der Waals surface area contributed by atoms with Gasteiger partial charge >= 0.3 is 0 Å². The van der Waals surface area contributed by atoms with Gasteiger partial charge in [-0.25, -0.2) is 0 Å². The van der Waals surface area contributed by atoms with Crippen molar-refractivity contribution in [3.63, 3.8) is 0 Å². The number of nitrogen functional groups attached to an aromatic ring is 1. The summed E-state index contributed by atoms with van der Waals surface area (Å²) in [5.74, 6) is 0.909. The minimum absolute atomic E-state index is 0.309. The molecule has 0 fully saturated rings. The van der Waals surface area contributed by atoms with Crippen molar-refractivity contribution in [2.24, 2.45) is 0 Å². The molecule has 2 N–H and O–H groups in total. The van der Waals surface area contributed by atoms with E-state index in [1.807, 2.05) is 12.1 Å². The van der Waals surface area contributed by atoms with Gasteiger partial charge in [0.15, 0.2) is 11.6 Å². The summed E-state index contributed by atoms with van der Waals surface area (Å²) in [4.78, 5) is 0.902. The van der Waals surface area contributed by atoms with Crippen LogP contribution in [0.25, 0.3) is 21.8 Å². The Labute approximate surface area is 151 Å². The van der Waals surface area contributed by atoms with Gasteiger partial charge in [-0.2, -0.15) is 0 Å². The highest BCUT2D eigenvalue weighted by molar-refractivity contribution is 9.13. The maximum Gasteiger partial charge on any atom is 0.186 e. The Morgan fingerprint density at radius 2 is 1.90 bits per heavy atom. The smallest absolute Gasteiger partial charge is 0.186 e. The molecule has 2 heterocycles. The first-order valence-electron chi connectivity index (χ1n) is 5.63. The Morgan fingerprint density at radius 1 is 1.14 bits per heavy atom. The third-order valence-electron chi connectivity index (χ3n) is 2.80. The number of rotatable bonds is 2. The zero-order chi connectivity index (χ0) is 15.1. The maximum atomic E-state index is 6.07. The highest BCUT2D eigenvalue weighted by atomic mass is 79.9. The molecule has 3 nitrogen and oxygen atoms in total. The Bertz CT molecular complexity index is 812. The van der Waals surface area contributed by atoms with Gasteiger partial charge in [-0.15, -0.1) is 11.3 Å². The van der Waals surface area contributed by atoms with E-state index in [0.29, 0.717) is 27.2 Å². The van der Waals surface area contributed by atoms with Crippen molar-refractivity contribution >= 4 is 72.2 Å². The van der Waals surface area contributed by atoms with Crippen molar-refractivity contribution in [1.82, 2.24) is 5.16 Å². The first-order chi connectivity index (χ1) is 9.97. The van der Waals surface area contributed by atoms with Crippen LogP contribution in [0.15, 0.2) is 37.0 Å². The zero-order valence-corrected chi connectivity index (χ0v) is 15.7. The average molecular weight is 469 g/mol. The van der Waals surface area contributed by atoms with Gasteiger partial charge in [-0.05, 0) is 55.6 Å². The molecule has 0 bridgehead atoms. The Morgan fingerprint density at radius 3 is 2.52 bits per heavy atom. The second-order valence-corrected chi connectivity index (χ2v) is 8.17. The average Bonchev–Trinajstić information content (AvgIpc) is 2.97. The van der Waals surface area contributed by atoms with E-state index in [9.17, 15) is 0 Å². The van der Waals surface area contributed by atoms with Crippen molar-refractivity contribution in [3.8, 4) is 21.8 Å². The third kappa shape index (κ3) is 2.87. The van der Waals surface area contributed by atoms with E-state index < -0.39 is 0 Å². The Balaban J connectivity index is 2.19. The van der Waals surface area contributed by atoms with Crippen LogP contribution in [-0.4, -0.2) is 5.16 Å². The summed E-state index contributed by atoms with van der Waals surface area (Å²) in [6, 6.07) is 7.23. The molecule has 8 heteroatoms. The van der Waals surface area contributed by atoms with Gasteiger partial charge in [0.25, 0.3) is 0 Å². The van der Waals surface area contributed by atoms with Crippen LogP contribution in [0.1, 0.15) is 0 Å². The first-order valence-corrected chi connectivity index (χ1v) is 8.79. The van der Waals surface area contributed by atoms with Crippen LogP contribution in [0.4, 0.5) is 5.82 Å². The summed E-state index contributed by atoms with van der Waals surface area (Å²) >= 11 is 20.5. The molecule has 2 aromatic heterocycles. The van der Waals surface area contributed by atoms with E-state index in [2.05, 4.69) is 37.0 Å². The van der Waals surface area contributed by atoms with Crippen LogP contribution in [0.3, 0.4) is 0 Å². The van der Waals surface area contributed by atoms with E-state index in [-0.39, 0.29) is 0 Å². The Kier molecular flexibility index (Phi) is 4.34. The first kappa shape index (κ1) is 15.4. The molecule has 108 valence electrons. The van der Waals surface area contributed by atoms with Crippen molar-refractivity contribution in [2.75, 3.05) is 5.73 Å². The maximum absolute atomic E-state index is 6.07. The molecule has 0 aliphatic heterocycles. The molecule has 0 unspecified atom stereocenters. The summed E-state index contributed by atoms with van der Waals surface area (Å²) in [6.07, 6.45) is 0. The number of hydrogen-bond acceptors (Lipinski definition) is 4. The SMILES string of the molecule is Nc1noc(-c2cc(Br)c(Br)s2)c1-c1ccc(Cl)c(Cl)c1. The highest BCUT2D eigenvalue weighted by Gasteiger charge is 2.20. The summed E-state index contributed by atoms with van der Waals surface area (Å²) in [5, 5.41) is 4.80. The van der Waals surface area contributed by atoms with E-state index >= 15 is 0 Å². The molecule has 0 aliphatic rings.